The van der Waals surface area contributed by atoms with Gasteiger partial charge in [-0.2, -0.15) is 0 Å². The molecule has 0 unspecified atom stereocenters. The number of para-hydroxylation sites is 2. The topological polar surface area (TPSA) is 75.7 Å². The van der Waals surface area contributed by atoms with E-state index < -0.39 is 10.0 Å². The van der Waals surface area contributed by atoms with Gasteiger partial charge in [0.2, 0.25) is 0 Å². The molecule has 1 aliphatic heterocycles. The largest absolute Gasteiger partial charge is 0.454 e. The summed E-state index contributed by atoms with van der Waals surface area (Å²) in [6, 6.07) is 18.9. The lowest BCUT2D eigenvalue weighted by Crippen LogP contribution is -2.29. The Morgan fingerprint density at radius 1 is 0.938 bits per heavy atom. The molecule has 1 N–H and O–H groups in total. The molecule has 1 heterocycles. The van der Waals surface area contributed by atoms with Crippen LogP contribution in [0.3, 0.4) is 0 Å². The van der Waals surface area contributed by atoms with Crippen LogP contribution in [-0.4, -0.2) is 20.9 Å². The third kappa shape index (κ3) is 4.08. The maximum atomic E-state index is 13.2. The van der Waals surface area contributed by atoms with E-state index in [9.17, 15) is 13.2 Å². The minimum atomic E-state index is -3.82. The highest BCUT2D eigenvalue weighted by atomic mass is 32.2. The molecule has 3 aromatic carbocycles. The Kier molecular flexibility index (Phi) is 5.46. The number of amides is 1. The molecule has 1 amide bonds. The lowest BCUT2D eigenvalue weighted by molar-refractivity contribution is 0.0988. The Bertz CT molecular complexity index is 1280. The van der Waals surface area contributed by atoms with Gasteiger partial charge in [0.15, 0.2) is 5.75 Å². The minimum Gasteiger partial charge on any atom is -0.454 e. The van der Waals surface area contributed by atoms with Gasteiger partial charge in [-0.15, -0.1) is 0 Å². The van der Waals surface area contributed by atoms with Gasteiger partial charge in [0.25, 0.3) is 15.9 Å². The van der Waals surface area contributed by atoms with E-state index in [0.717, 1.165) is 5.56 Å². The van der Waals surface area contributed by atoms with Crippen LogP contribution in [0, 0.1) is 0 Å². The lowest BCUT2D eigenvalue weighted by Gasteiger charge is -2.20. The van der Waals surface area contributed by atoms with E-state index in [1.165, 1.54) is 6.07 Å². The monoisotopic (exact) mass is 450 g/mol. The summed E-state index contributed by atoms with van der Waals surface area (Å²) >= 11 is 0. The second kappa shape index (κ2) is 7.98. The van der Waals surface area contributed by atoms with E-state index in [-0.39, 0.29) is 16.2 Å². The first-order chi connectivity index (χ1) is 15.1. The highest BCUT2D eigenvalue weighted by Crippen LogP contribution is 2.39. The van der Waals surface area contributed by atoms with E-state index in [2.05, 4.69) is 25.5 Å². The summed E-state index contributed by atoms with van der Waals surface area (Å²) in [5.41, 5.74) is 2.24. The van der Waals surface area contributed by atoms with E-state index in [4.69, 9.17) is 4.74 Å². The van der Waals surface area contributed by atoms with Crippen molar-refractivity contribution in [2.24, 2.45) is 0 Å². The molecule has 0 radical (unpaired) electrons. The van der Waals surface area contributed by atoms with E-state index in [1.807, 2.05) is 37.3 Å². The molecule has 0 bridgehead atoms. The standard InChI is InChI=1S/C25H26N2O4S/c1-5-27-21-8-6-7-9-23(21)31-22-15-12-18(16-20(22)24(27)28)26-32(29,30)19-13-10-17(11-14-19)25(2,3)4/h6-16,26H,5H2,1-4H3. The number of hydrogen-bond donors (Lipinski definition) is 1. The Labute approximate surface area is 188 Å². The van der Waals surface area contributed by atoms with Gasteiger partial charge >= 0.3 is 0 Å². The van der Waals surface area contributed by atoms with Gasteiger partial charge in [0, 0.05) is 12.2 Å². The molecule has 6 nitrogen and oxygen atoms in total. The molecular formula is C25H26N2O4S. The molecule has 0 atom stereocenters. The number of ether oxygens (including phenoxy) is 1. The average molecular weight is 451 g/mol. The minimum absolute atomic E-state index is 0.0736. The first kappa shape index (κ1) is 21.9. The summed E-state index contributed by atoms with van der Waals surface area (Å²) in [5.74, 6) is 0.715. The number of carbonyl (C=O) groups excluding carboxylic acids is 1. The fourth-order valence-electron chi connectivity index (χ4n) is 3.65. The van der Waals surface area contributed by atoms with Gasteiger partial charge in [-0.25, -0.2) is 8.42 Å². The van der Waals surface area contributed by atoms with Crippen molar-refractivity contribution in [1.29, 1.82) is 0 Å². The zero-order valence-corrected chi connectivity index (χ0v) is 19.4. The quantitative estimate of drug-likeness (QED) is 0.565. The third-order valence-corrected chi connectivity index (χ3v) is 6.83. The van der Waals surface area contributed by atoms with Crippen LogP contribution in [0.1, 0.15) is 43.6 Å². The van der Waals surface area contributed by atoms with E-state index >= 15 is 0 Å². The van der Waals surface area contributed by atoms with Crippen LogP contribution in [0.5, 0.6) is 11.5 Å². The van der Waals surface area contributed by atoms with Crippen LogP contribution in [0.15, 0.2) is 71.6 Å². The fourth-order valence-corrected chi connectivity index (χ4v) is 4.70. The van der Waals surface area contributed by atoms with Crippen molar-refractivity contribution in [2.45, 2.75) is 38.0 Å². The van der Waals surface area contributed by atoms with Crippen LogP contribution in [0.4, 0.5) is 11.4 Å². The first-order valence-electron chi connectivity index (χ1n) is 10.5. The smallest absolute Gasteiger partial charge is 0.262 e. The number of rotatable bonds is 4. The summed E-state index contributed by atoms with van der Waals surface area (Å²) in [6.45, 7) is 8.55. The number of anilines is 2. The van der Waals surface area contributed by atoms with Gasteiger partial charge in [0.1, 0.15) is 5.75 Å². The molecule has 166 valence electrons. The summed E-state index contributed by atoms with van der Waals surface area (Å²) in [4.78, 5) is 15.0. The van der Waals surface area contributed by atoms with Gasteiger partial charge in [-0.05, 0) is 60.4 Å². The summed E-state index contributed by atoms with van der Waals surface area (Å²) in [6.07, 6.45) is 0. The number of nitrogens with zero attached hydrogens (tertiary/aromatic N) is 1. The van der Waals surface area contributed by atoms with E-state index in [1.54, 1.807) is 35.2 Å². The molecule has 7 heteroatoms. The third-order valence-electron chi connectivity index (χ3n) is 5.43. The van der Waals surface area contributed by atoms with Crippen molar-refractivity contribution in [3.05, 3.63) is 77.9 Å². The van der Waals surface area contributed by atoms with Crippen LogP contribution in [0.2, 0.25) is 0 Å². The van der Waals surface area contributed by atoms with Gasteiger partial charge in [0.05, 0.1) is 16.1 Å². The fraction of sp³-hybridized carbons (Fsp3) is 0.240. The predicted molar refractivity (Wildman–Crippen MR) is 126 cm³/mol. The zero-order valence-electron chi connectivity index (χ0n) is 18.5. The normalized spacial score (nSPS) is 13.6. The maximum Gasteiger partial charge on any atom is 0.262 e. The molecule has 0 aliphatic carbocycles. The maximum absolute atomic E-state index is 13.2. The number of nitrogens with one attached hydrogen (secondary N) is 1. The van der Waals surface area contributed by atoms with E-state index in [0.29, 0.717) is 35.0 Å². The summed E-state index contributed by atoms with van der Waals surface area (Å²) in [5, 5.41) is 0. The number of fused-ring (bicyclic) bond motifs is 2. The van der Waals surface area contributed by atoms with Gasteiger partial charge < -0.3 is 9.64 Å². The van der Waals surface area contributed by atoms with Crippen molar-refractivity contribution in [2.75, 3.05) is 16.2 Å². The highest BCUT2D eigenvalue weighted by molar-refractivity contribution is 7.92. The average Bonchev–Trinajstić information content (AvgIpc) is 2.86. The Balaban J connectivity index is 1.66. The summed E-state index contributed by atoms with van der Waals surface area (Å²) in [7, 11) is -3.82. The van der Waals surface area contributed by atoms with Gasteiger partial charge in [-0.1, -0.05) is 45.0 Å². The SMILES string of the molecule is CCN1C(=O)c2cc(NS(=O)(=O)c3ccc(C(C)(C)C)cc3)ccc2Oc2ccccc21. The number of benzene rings is 3. The summed E-state index contributed by atoms with van der Waals surface area (Å²) < 4.78 is 34.4. The van der Waals surface area contributed by atoms with Crippen molar-refractivity contribution >= 4 is 27.3 Å². The molecular weight excluding hydrogens is 424 g/mol. The highest BCUT2D eigenvalue weighted by Gasteiger charge is 2.28. The van der Waals surface area contributed by atoms with Crippen molar-refractivity contribution < 1.29 is 17.9 Å². The molecule has 0 saturated heterocycles. The predicted octanol–water partition coefficient (Wildman–Crippen LogP) is 5.56. The van der Waals surface area contributed by atoms with Crippen LogP contribution in [-0.2, 0) is 15.4 Å². The van der Waals surface area contributed by atoms with Crippen LogP contribution >= 0.6 is 0 Å². The molecule has 32 heavy (non-hydrogen) atoms. The number of hydrogen-bond acceptors (Lipinski definition) is 4. The molecule has 0 fully saturated rings. The lowest BCUT2D eigenvalue weighted by atomic mass is 9.87. The van der Waals surface area contributed by atoms with Crippen molar-refractivity contribution in [3.8, 4) is 11.5 Å². The molecule has 1 aliphatic rings. The molecule has 0 aromatic heterocycles. The molecule has 4 rings (SSSR count). The zero-order chi connectivity index (χ0) is 23.1. The van der Waals surface area contributed by atoms with Crippen LogP contribution < -0.4 is 14.4 Å². The molecule has 0 spiro atoms. The van der Waals surface area contributed by atoms with Crippen molar-refractivity contribution in [1.82, 2.24) is 0 Å². The number of carbonyl (C=O) groups is 1. The molecule has 0 saturated carbocycles. The van der Waals surface area contributed by atoms with Gasteiger partial charge in [-0.3, -0.25) is 9.52 Å². The Morgan fingerprint density at radius 3 is 2.28 bits per heavy atom. The second-order valence-electron chi connectivity index (χ2n) is 8.71. The molecule has 3 aromatic rings. The van der Waals surface area contributed by atoms with Crippen LogP contribution in [0.25, 0.3) is 0 Å². The van der Waals surface area contributed by atoms with Crippen molar-refractivity contribution in [3.63, 3.8) is 0 Å². The Morgan fingerprint density at radius 2 is 1.62 bits per heavy atom. The Hall–Kier alpha value is -3.32. The second-order valence-corrected chi connectivity index (χ2v) is 10.4. The first-order valence-corrected chi connectivity index (χ1v) is 11.9. The number of sulfonamides is 1.